The van der Waals surface area contributed by atoms with Crippen molar-refractivity contribution in [1.82, 2.24) is 4.98 Å². The van der Waals surface area contributed by atoms with Crippen LogP contribution < -0.4 is 10.6 Å². The van der Waals surface area contributed by atoms with E-state index in [2.05, 4.69) is 42.2 Å². The Balaban J connectivity index is 2.00. The van der Waals surface area contributed by atoms with Crippen LogP contribution in [-0.2, 0) is 6.42 Å². The lowest BCUT2D eigenvalue weighted by Gasteiger charge is -2.34. The summed E-state index contributed by atoms with van der Waals surface area (Å²) in [4.78, 5) is 7.44. The van der Waals surface area contributed by atoms with Gasteiger partial charge in [0, 0.05) is 18.5 Å². The van der Waals surface area contributed by atoms with Crippen molar-refractivity contribution in [1.29, 1.82) is 0 Å². The van der Waals surface area contributed by atoms with E-state index in [0.29, 0.717) is 6.54 Å². The second-order valence-electron chi connectivity index (χ2n) is 6.06. The van der Waals surface area contributed by atoms with E-state index >= 15 is 0 Å². The summed E-state index contributed by atoms with van der Waals surface area (Å²) in [6.07, 6.45) is 4.79. The third kappa shape index (κ3) is 3.03. The van der Waals surface area contributed by atoms with Crippen LogP contribution in [-0.4, -0.2) is 24.6 Å². The molecule has 0 radical (unpaired) electrons. The second kappa shape index (κ2) is 6.44. The Morgan fingerprint density at radius 2 is 2.19 bits per heavy atom. The highest BCUT2D eigenvalue weighted by Crippen LogP contribution is 2.28. The fourth-order valence-corrected chi connectivity index (χ4v) is 3.35. The van der Waals surface area contributed by atoms with Crippen LogP contribution in [0.2, 0.25) is 0 Å². The van der Waals surface area contributed by atoms with Crippen LogP contribution in [0.5, 0.6) is 0 Å². The molecule has 1 saturated heterocycles. The fourth-order valence-electron chi connectivity index (χ4n) is 3.35. The molecule has 1 aromatic carbocycles. The lowest BCUT2D eigenvalue weighted by molar-refractivity contribution is 0.402. The topological polar surface area (TPSA) is 42.2 Å². The number of anilines is 1. The smallest absolute Gasteiger partial charge is 0.132 e. The van der Waals surface area contributed by atoms with Gasteiger partial charge in [0.2, 0.25) is 0 Å². The van der Waals surface area contributed by atoms with E-state index in [4.69, 9.17) is 10.7 Å². The molecule has 0 bridgehead atoms. The first-order valence-corrected chi connectivity index (χ1v) is 8.15. The highest BCUT2D eigenvalue weighted by Gasteiger charge is 2.21. The highest BCUT2D eigenvalue weighted by atomic mass is 15.2. The van der Waals surface area contributed by atoms with Gasteiger partial charge in [-0.1, -0.05) is 31.5 Å². The normalized spacial score (nSPS) is 19.1. The van der Waals surface area contributed by atoms with E-state index in [1.165, 1.54) is 30.2 Å². The minimum Gasteiger partial charge on any atom is -0.356 e. The zero-order chi connectivity index (χ0) is 14.7. The third-order valence-corrected chi connectivity index (χ3v) is 4.59. The first-order chi connectivity index (χ1) is 10.3. The molecule has 0 aliphatic carbocycles. The van der Waals surface area contributed by atoms with E-state index in [1.807, 2.05) is 0 Å². The molecule has 1 unspecified atom stereocenters. The number of para-hydroxylation sites is 1. The van der Waals surface area contributed by atoms with E-state index < -0.39 is 0 Å². The molecule has 1 fully saturated rings. The molecular weight excluding hydrogens is 258 g/mol. The zero-order valence-corrected chi connectivity index (χ0v) is 12.9. The monoisotopic (exact) mass is 283 g/mol. The molecule has 21 heavy (non-hydrogen) atoms. The zero-order valence-electron chi connectivity index (χ0n) is 12.9. The highest BCUT2D eigenvalue weighted by molar-refractivity contribution is 5.81. The van der Waals surface area contributed by atoms with Gasteiger partial charge in [0.05, 0.1) is 5.52 Å². The van der Waals surface area contributed by atoms with Gasteiger partial charge in [-0.2, -0.15) is 0 Å². The molecule has 1 aliphatic heterocycles. The van der Waals surface area contributed by atoms with E-state index in [1.54, 1.807) is 0 Å². The Hall–Kier alpha value is -1.61. The van der Waals surface area contributed by atoms with Crippen molar-refractivity contribution in [3.05, 3.63) is 35.9 Å². The molecular formula is C18H25N3. The lowest BCUT2D eigenvalue weighted by Crippen LogP contribution is -2.36. The number of fused-ring (bicyclic) bond motifs is 1. The minimum atomic E-state index is 0.679. The molecule has 3 rings (SSSR count). The molecule has 0 amide bonds. The Morgan fingerprint density at radius 3 is 3.00 bits per heavy atom. The number of nitrogens with two attached hydrogens (primary N) is 1. The Bertz CT molecular complexity index is 608. The van der Waals surface area contributed by atoms with Gasteiger partial charge in [0.15, 0.2) is 0 Å². The van der Waals surface area contributed by atoms with Crippen LogP contribution in [0.4, 0.5) is 5.82 Å². The predicted molar refractivity (Wildman–Crippen MR) is 89.7 cm³/mol. The lowest BCUT2D eigenvalue weighted by atomic mass is 9.95. The first-order valence-electron chi connectivity index (χ1n) is 8.15. The molecule has 0 saturated carbocycles. The maximum atomic E-state index is 5.81. The number of rotatable bonds is 4. The summed E-state index contributed by atoms with van der Waals surface area (Å²) in [6.45, 7) is 5.24. The molecule has 2 heterocycles. The third-order valence-electron chi connectivity index (χ3n) is 4.59. The molecule has 0 spiro atoms. The van der Waals surface area contributed by atoms with Crippen molar-refractivity contribution >= 4 is 16.7 Å². The van der Waals surface area contributed by atoms with Crippen LogP contribution in [0.25, 0.3) is 10.9 Å². The van der Waals surface area contributed by atoms with E-state index in [-0.39, 0.29) is 0 Å². The van der Waals surface area contributed by atoms with Crippen molar-refractivity contribution < 1.29 is 0 Å². The molecule has 3 nitrogen and oxygen atoms in total. The number of benzene rings is 1. The number of hydrogen-bond donors (Lipinski definition) is 1. The van der Waals surface area contributed by atoms with Crippen LogP contribution in [0.15, 0.2) is 30.3 Å². The van der Waals surface area contributed by atoms with Gasteiger partial charge < -0.3 is 10.6 Å². The number of pyridine rings is 1. The maximum absolute atomic E-state index is 5.81. The van der Waals surface area contributed by atoms with Crippen molar-refractivity contribution in [2.45, 2.75) is 32.6 Å². The minimum absolute atomic E-state index is 0.679. The number of piperidine rings is 1. The summed E-state index contributed by atoms with van der Waals surface area (Å²) in [5.74, 6) is 1.97. The molecule has 1 aromatic heterocycles. The van der Waals surface area contributed by atoms with Crippen molar-refractivity contribution in [2.75, 3.05) is 24.5 Å². The largest absolute Gasteiger partial charge is 0.356 e. The average molecular weight is 283 g/mol. The first kappa shape index (κ1) is 14.3. The summed E-state index contributed by atoms with van der Waals surface area (Å²) >= 11 is 0. The van der Waals surface area contributed by atoms with E-state index in [9.17, 15) is 0 Å². The van der Waals surface area contributed by atoms with Crippen molar-refractivity contribution in [3.8, 4) is 0 Å². The standard InChI is InChI=1S/C18H25N3/c1-2-14-6-5-11-21(13-14)18-16(9-10-19)12-15-7-3-4-8-17(15)20-18/h3-4,7-8,12,14H,2,5-6,9-11,13,19H2,1H3. The van der Waals surface area contributed by atoms with Crippen LogP contribution in [0, 0.1) is 5.92 Å². The molecule has 1 atom stereocenters. The molecule has 3 heteroatoms. The second-order valence-corrected chi connectivity index (χ2v) is 6.06. The van der Waals surface area contributed by atoms with Crippen molar-refractivity contribution in [3.63, 3.8) is 0 Å². The molecule has 1 aliphatic rings. The van der Waals surface area contributed by atoms with Crippen molar-refractivity contribution in [2.24, 2.45) is 11.7 Å². The predicted octanol–water partition coefficient (Wildman–Crippen LogP) is 3.36. The molecule has 2 N–H and O–H groups in total. The Labute approximate surface area is 127 Å². The Morgan fingerprint density at radius 1 is 1.33 bits per heavy atom. The number of hydrogen-bond acceptors (Lipinski definition) is 3. The van der Waals surface area contributed by atoms with Crippen LogP contribution in [0.1, 0.15) is 31.7 Å². The maximum Gasteiger partial charge on any atom is 0.132 e. The van der Waals surface area contributed by atoms with Gasteiger partial charge in [-0.25, -0.2) is 4.98 Å². The van der Waals surface area contributed by atoms with Gasteiger partial charge in [-0.3, -0.25) is 0 Å². The van der Waals surface area contributed by atoms with Gasteiger partial charge in [-0.05, 0) is 49.4 Å². The van der Waals surface area contributed by atoms with Gasteiger partial charge in [0.1, 0.15) is 5.82 Å². The quantitative estimate of drug-likeness (QED) is 0.935. The van der Waals surface area contributed by atoms with E-state index in [0.717, 1.165) is 36.8 Å². The van der Waals surface area contributed by atoms with Crippen LogP contribution >= 0.6 is 0 Å². The molecule has 112 valence electrons. The fraction of sp³-hybridized carbons (Fsp3) is 0.500. The summed E-state index contributed by atoms with van der Waals surface area (Å²) in [7, 11) is 0. The number of aromatic nitrogens is 1. The number of nitrogens with zero attached hydrogens (tertiary/aromatic N) is 2. The van der Waals surface area contributed by atoms with Crippen LogP contribution in [0.3, 0.4) is 0 Å². The van der Waals surface area contributed by atoms with Gasteiger partial charge in [-0.15, -0.1) is 0 Å². The summed E-state index contributed by atoms with van der Waals surface area (Å²) in [5.41, 5.74) is 8.20. The van der Waals surface area contributed by atoms with Gasteiger partial charge >= 0.3 is 0 Å². The SMILES string of the molecule is CCC1CCCN(c2nc3ccccc3cc2CCN)C1. The molecule has 2 aromatic rings. The summed E-state index contributed by atoms with van der Waals surface area (Å²) in [6, 6.07) is 10.7. The average Bonchev–Trinajstić information content (AvgIpc) is 2.54. The summed E-state index contributed by atoms with van der Waals surface area (Å²) < 4.78 is 0. The Kier molecular flexibility index (Phi) is 4.39. The van der Waals surface area contributed by atoms with Gasteiger partial charge in [0.25, 0.3) is 0 Å². The summed E-state index contributed by atoms with van der Waals surface area (Å²) in [5, 5.41) is 1.22.